The lowest BCUT2D eigenvalue weighted by Crippen LogP contribution is -2.01. The summed E-state index contributed by atoms with van der Waals surface area (Å²) in [5, 5.41) is 2.96. The molecule has 1 heterocycles. The molecular weight excluding hydrogens is 433 g/mol. The number of hydrogen-bond donors (Lipinski definition) is 2. The summed E-state index contributed by atoms with van der Waals surface area (Å²) in [6, 6.07) is 9.51. The van der Waals surface area contributed by atoms with Crippen LogP contribution in [0.3, 0.4) is 0 Å². The zero-order valence-corrected chi connectivity index (χ0v) is 14.9. The van der Waals surface area contributed by atoms with Gasteiger partial charge in [-0.25, -0.2) is 8.78 Å². The van der Waals surface area contributed by atoms with Crippen molar-refractivity contribution in [3.63, 3.8) is 0 Å². The normalized spacial score (nSPS) is 10.8. The average Bonchev–Trinajstić information content (AvgIpc) is 2.93. The lowest BCUT2D eigenvalue weighted by molar-refractivity contribution is 0.512. The van der Waals surface area contributed by atoms with Gasteiger partial charge in [-0.1, -0.05) is 11.5 Å². The number of aryl methyl sites for hydroxylation is 1. The third-order valence-electron chi connectivity index (χ3n) is 3.33. The zero-order valence-electron chi connectivity index (χ0n) is 11.9. The van der Waals surface area contributed by atoms with E-state index in [0.717, 1.165) is 26.7 Å². The maximum absolute atomic E-state index is 14.3. The quantitative estimate of drug-likeness (QED) is 0.557. The van der Waals surface area contributed by atoms with Crippen molar-refractivity contribution in [2.75, 3.05) is 5.32 Å². The molecule has 0 aliphatic carbocycles. The number of hydrogen-bond acceptors (Lipinski definition) is 3. The first-order chi connectivity index (χ1) is 11.0. The van der Waals surface area contributed by atoms with E-state index in [4.69, 9.17) is 0 Å². The Bertz CT molecular complexity index is 936. The van der Waals surface area contributed by atoms with E-state index in [-0.39, 0.29) is 11.2 Å². The highest BCUT2D eigenvalue weighted by molar-refractivity contribution is 14.1. The molecule has 0 fully saturated rings. The molecule has 0 spiro atoms. The molecule has 0 aliphatic rings. The molecule has 2 aromatic carbocycles. The molecular formula is C16H11F2IN2OS. The Morgan fingerprint density at radius 2 is 1.96 bits per heavy atom. The second-order valence-electron chi connectivity index (χ2n) is 4.95. The maximum atomic E-state index is 14.3. The van der Waals surface area contributed by atoms with Crippen molar-refractivity contribution < 1.29 is 8.78 Å². The van der Waals surface area contributed by atoms with Crippen LogP contribution in [0.4, 0.5) is 20.2 Å². The van der Waals surface area contributed by atoms with Crippen LogP contribution in [0.2, 0.25) is 0 Å². The van der Waals surface area contributed by atoms with Gasteiger partial charge in [0.25, 0.3) is 5.56 Å². The summed E-state index contributed by atoms with van der Waals surface area (Å²) >= 11 is 3.27. The minimum Gasteiger partial charge on any atom is -0.352 e. The molecule has 3 rings (SSSR count). The lowest BCUT2D eigenvalue weighted by atomic mass is 10.1. The molecule has 0 saturated heterocycles. The van der Waals surface area contributed by atoms with Gasteiger partial charge in [0.2, 0.25) is 0 Å². The van der Waals surface area contributed by atoms with Crippen LogP contribution in [0, 0.1) is 22.1 Å². The largest absolute Gasteiger partial charge is 0.352 e. The van der Waals surface area contributed by atoms with E-state index in [1.165, 1.54) is 12.1 Å². The minimum absolute atomic E-state index is 0.0181. The van der Waals surface area contributed by atoms with Gasteiger partial charge < -0.3 is 5.32 Å². The molecule has 2 N–H and O–H groups in total. The van der Waals surface area contributed by atoms with Gasteiger partial charge in [-0.2, -0.15) is 0 Å². The van der Waals surface area contributed by atoms with Gasteiger partial charge in [0.05, 0.1) is 10.6 Å². The molecule has 1 aromatic heterocycles. The summed E-state index contributed by atoms with van der Waals surface area (Å²) in [5.74, 6) is -1.91. The predicted molar refractivity (Wildman–Crippen MR) is 97.5 cm³/mol. The molecule has 3 nitrogen and oxygen atoms in total. The van der Waals surface area contributed by atoms with Crippen LogP contribution < -0.4 is 10.9 Å². The highest BCUT2D eigenvalue weighted by Gasteiger charge is 2.17. The second kappa shape index (κ2) is 6.40. The first-order valence-electron chi connectivity index (χ1n) is 6.66. The van der Waals surface area contributed by atoms with Gasteiger partial charge in [0.15, 0.2) is 11.6 Å². The van der Waals surface area contributed by atoms with Crippen molar-refractivity contribution in [2.45, 2.75) is 6.92 Å². The summed E-state index contributed by atoms with van der Waals surface area (Å²) in [7, 11) is 0. The van der Waals surface area contributed by atoms with Crippen LogP contribution in [0.1, 0.15) is 5.56 Å². The zero-order chi connectivity index (χ0) is 16.6. The fourth-order valence-corrected chi connectivity index (χ4v) is 3.56. The number of aromatic nitrogens is 1. The van der Waals surface area contributed by atoms with Crippen molar-refractivity contribution >= 4 is 45.5 Å². The van der Waals surface area contributed by atoms with Crippen molar-refractivity contribution in [3.05, 3.63) is 67.5 Å². The molecule has 118 valence electrons. The Morgan fingerprint density at radius 3 is 2.61 bits per heavy atom. The molecule has 7 heteroatoms. The molecule has 0 unspecified atom stereocenters. The standard InChI is InChI=1S/C16H11F2IN2OS/c1-8-6-9(19)2-5-12(8)20-16-10(3-4-11(17)15(16)18)13-7-14(22)21-23-13/h2-7,20H,1H3,(H,21,22). The van der Waals surface area contributed by atoms with E-state index >= 15 is 0 Å². The van der Waals surface area contributed by atoms with E-state index in [9.17, 15) is 13.6 Å². The number of aromatic amines is 1. The second-order valence-corrected chi connectivity index (χ2v) is 7.04. The first kappa shape index (κ1) is 16.1. The molecule has 3 aromatic rings. The summed E-state index contributed by atoms with van der Waals surface area (Å²) in [6.07, 6.45) is 0. The number of H-pyrrole nitrogens is 1. The van der Waals surface area contributed by atoms with E-state index in [1.54, 1.807) is 0 Å². The van der Waals surface area contributed by atoms with Crippen LogP contribution in [-0.4, -0.2) is 4.37 Å². The van der Waals surface area contributed by atoms with Gasteiger partial charge in [0.1, 0.15) is 0 Å². The molecule has 0 radical (unpaired) electrons. The maximum Gasteiger partial charge on any atom is 0.258 e. The lowest BCUT2D eigenvalue weighted by Gasteiger charge is -2.14. The molecule has 0 aliphatic heterocycles. The van der Waals surface area contributed by atoms with Crippen LogP contribution in [0.5, 0.6) is 0 Å². The highest BCUT2D eigenvalue weighted by Crippen LogP contribution is 2.35. The third-order valence-corrected chi connectivity index (χ3v) is 4.86. The van der Waals surface area contributed by atoms with E-state index in [0.29, 0.717) is 16.1 Å². The topological polar surface area (TPSA) is 44.9 Å². The number of anilines is 2. The van der Waals surface area contributed by atoms with E-state index in [1.807, 2.05) is 25.1 Å². The smallest absolute Gasteiger partial charge is 0.258 e. The fraction of sp³-hybridized carbons (Fsp3) is 0.0625. The monoisotopic (exact) mass is 444 g/mol. The summed E-state index contributed by atoms with van der Waals surface area (Å²) < 4.78 is 31.6. The Kier molecular flexibility index (Phi) is 4.49. The van der Waals surface area contributed by atoms with Crippen LogP contribution in [0.15, 0.2) is 41.2 Å². The summed E-state index contributed by atoms with van der Waals surface area (Å²) in [6.45, 7) is 1.88. The van der Waals surface area contributed by atoms with Crippen molar-refractivity contribution in [2.24, 2.45) is 0 Å². The molecule has 0 saturated carbocycles. The van der Waals surface area contributed by atoms with Crippen LogP contribution in [0.25, 0.3) is 10.4 Å². The number of halogens is 3. The Hall–Kier alpha value is -1.74. The highest BCUT2D eigenvalue weighted by atomic mass is 127. The Morgan fingerprint density at radius 1 is 1.17 bits per heavy atom. The van der Waals surface area contributed by atoms with Crippen molar-refractivity contribution in [3.8, 4) is 10.4 Å². The average molecular weight is 444 g/mol. The van der Waals surface area contributed by atoms with Gasteiger partial charge in [0, 0.05) is 20.9 Å². The number of rotatable bonds is 3. The molecule has 0 bridgehead atoms. The third kappa shape index (κ3) is 3.30. The fourth-order valence-electron chi connectivity index (χ4n) is 2.20. The van der Waals surface area contributed by atoms with Gasteiger partial charge in [-0.3, -0.25) is 9.17 Å². The van der Waals surface area contributed by atoms with Crippen LogP contribution in [-0.2, 0) is 0 Å². The Labute approximate surface area is 148 Å². The van der Waals surface area contributed by atoms with Crippen molar-refractivity contribution in [1.82, 2.24) is 4.37 Å². The van der Waals surface area contributed by atoms with Crippen LogP contribution >= 0.6 is 34.1 Å². The van der Waals surface area contributed by atoms with E-state index in [2.05, 4.69) is 32.3 Å². The summed E-state index contributed by atoms with van der Waals surface area (Å²) in [4.78, 5) is 11.9. The predicted octanol–water partition coefficient (Wildman–Crippen LogP) is 5.04. The molecule has 0 amide bonds. The van der Waals surface area contributed by atoms with Crippen molar-refractivity contribution in [1.29, 1.82) is 0 Å². The molecule has 23 heavy (non-hydrogen) atoms. The minimum atomic E-state index is -0.971. The first-order valence-corrected chi connectivity index (χ1v) is 8.55. The van der Waals surface area contributed by atoms with Gasteiger partial charge in [-0.15, -0.1) is 0 Å². The SMILES string of the molecule is Cc1cc(I)ccc1Nc1c(-c2cc(=O)[nH]s2)ccc(F)c1F. The molecule has 0 atom stereocenters. The van der Waals surface area contributed by atoms with E-state index < -0.39 is 11.6 Å². The van der Waals surface area contributed by atoms with Gasteiger partial charge >= 0.3 is 0 Å². The Balaban J connectivity index is 2.13. The van der Waals surface area contributed by atoms with Gasteiger partial charge in [-0.05, 0) is 65.4 Å². The number of benzene rings is 2. The summed E-state index contributed by atoms with van der Waals surface area (Å²) in [5.41, 5.74) is 1.77. The number of nitrogens with one attached hydrogen (secondary N) is 2.